The van der Waals surface area contributed by atoms with Crippen molar-refractivity contribution in [2.24, 2.45) is 5.92 Å². The van der Waals surface area contributed by atoms with E-state index in [4.69, 9.17) is 21.1 Å². The minimum absolute atomic E-state index is 0.0724. The number of hydrogen-bond donors (Lipinski definition) is 2. The number of aliphatic hydroxyl groups is 1. The molecule has 0 saturated carbocycles. The molecule has 132 valence electrons. The zero-order valence-corrected chi connectivity index (χ0v) is 14.3. The van der Waals surface area contributed by atoms with E-state index in [9.17, 15) is 9.90 Å². The number of nitrogens with zero attached hydrogens (tertiary/aromatic N) is 1. The SMILES string of the molecule is O=C(NCCc1cc(Cl)c2c(c1)OCCO2)N1CCC[C@@H](CO)C1. The van der Waals surface area contributed by atoms with Gasteiger partial charge in [0, 0.05) is 26.2 Å². The number of halogens is 1. The molecule has 2 aliphatic heterocycles. The van der Waals surface area contributed by atoms with E-state index in [-0.39, 0.29) is 18.6 Å². The average Bonchev–Trinajstić information content (AvgIpc) is 2.62. The number of likely N-dealkylation sites (tertiary alicyclic amines) is 1. The first kappa shape index (κ1) is 17.2. The number of carbonyl (C=O) groups is 1. The standard InChI is InChI=1S/C17H23ClN2O4/c18-14-8-12(9-15-16(14)24-7-6-23-15)3-4-19-17(22)20-5-1-2-13(10-20)11-21/h8-9,13,21H,1-7,10-11H2,(H,19,22)/t13-/m1/s1. The summed E-state index contributed by atoms with van der Waals surface area (Å²) in [6.45, 7) is 3.06. The van der Waals surface area contributed by atoms with Gasteiger partial charge in [0.1, 0.15) is 13.2 Å². The van der Waals surface area contributed by atoms with Gasteiger partial charge in [-0.2, -0.15) is 0 Å². The summed E-state index contributed by atoms with van der Waals surface area (Å²) in [5.74, 6) is 1.46. The third-order valence-corrected chi connectivity index (χ3v) is 4.69. The van der Waals surface area contributed by atoms with Gasteiger partial charge in [0.2, 0.25) is 0 Å². The van der Waals surface area contributed by atoms with Crippen LogP contribution in [0.2, 0.25) is 5.02 Å². The van der Waals surface area contributed by atoms with E-state index in [0.29, 0.717) is 49.2 Å². The molecule has 1 aromatic rings. The number of nitrogens with one attached hydrogen (secondary N) is 1. The summed E-state index contributed by atoms with van der Waals surface area (Å²) in [6.07, 6.45) is 2.59. The Morgan fingerprint density at radius 2 is 2.21 bits per heavy atom. The summed E-state index contributed by atoms with van der Waals surface area (Å²) in [5.41, 5.74) is 0.997. The Morgan fingerprint density at radius 1 is 1.38 bits per heavy atom. The number of carbonyl (C=O) groups excluding carboxylic acids is 1. The fourth-order valence-electron chi connectivity index (χ4n) is 3.13. The van der Waals surface area contributed by atoms with Crippen molar-refractivity contribution in [1.29, 1.82) is 0 Å². The number of ether oxygens (including phenoxy) is 2. The number of amides is 2. The van der Waals surface area contributed by atoms with Crippen molar-refractivity contribution in [2.75, 3.05) is 39.5 Å². The highest BCUT2D eigenvalue weighted by Crippen LogP contribution is 2.38. The molecule has 2 heterocycles. The van der Waals surface area contributed by atoms with Gasteiger partial charge in [0.05, 0.1) is 5.02 Å². The molecule has 2 amide bonds. The largest absolute Gasteiger partial charge is 0.486 e. The maximum atomic E-state index is 12.2. The molecule has 0 unspecified atom stereocenters. The molecular formula is C17H23ClN2O4. The van der Waals surface area contributed by atoms with E-state index in [1.54, 1.807) is 4.90 Å². The van der Waals surface area contributed by atoms with Crippen molar-refractivity contribution in [1.82, 2.24) is 10.2 Å². The molecular weight excluding hydrogens is 332 g/mol. The van der Waals surface area contributed by atoms with Crippen LogP contribution in [0, 0.1) is 5.92 Å². The molecule has 24 heavy (non-hydrogen) atoms. The molecule has 1 aromatic carbocycles. The fraction of sp³-hybridized carbons (Fsp3) is 0.588. The quantitative estimate of drug-likeness (QED) is 0.868. The molecule has 0 spiro atoms. The monoisotopic (exact) mass is 354 g/mol. The van der Waals surface area contributed by atoms with Crippen LogP contribution in [0.3, 0.4) is 0 Å². The van der Waals surface area contributed by atoms with E-state index in [0.717, 1.165) is 24.9 Å². The van der Waals surface area contributed by atoms with Crippen LogP contribution in [0.4, 0.5) is 4.79 Å². The van der Waals surface area contributed by atoms with Gasteiger partial charge in [-0.05, 0) is 42.9 Å². The van der Waals surface area contributed by atoms with Crippen LogP contribution in [-0.2, 0) is 6.42 Å². The lowest BCUT2D eigenvalue weighted by Crippen LogP contribution is -2.46. The van der Waals surface area contributed by atoms with Gasteiger partial charge < -0.3 is 24.8 Å². The summed E-state index contributed by atoms with van der Waals surface area (Å²) >= 11 is 6.22. The van der Waals surface area contributed by atoms with Crippen LogP contribution in [-0.4, -0.2) is 55.5 Å². The van der Waals surface area contributed by atoms with Crippen molar-refractivity contribution in [2.45, 2.75) is 19.3 Å². The molecule has 0 aliphatic carbocycles. The van der Waals surface area contributed by atoms with Gasteiger partial charge in [-0.15, -0.1) is 0 Å². The highest BCUT2D eigenvalue weighted by Gasteiger charge is 2.23. The molecule has 1 saturated heterocycles. The second-order valence-corrected chi connectivity index (χ2v) is 6.63. The normalized spacial score (nSPS) is 19.9. The summed E-state index contributed by atoms with van der Waals surface area (Å²) in [4.78, 5) is 14.0. The fourth-order valence-corrected chi connectivity index (χ4v) is 3.42. The molecule has 1 fully saturated rings. The molecule has 1 atom stereocenters. The number of piperidine rings is 1. The third-order valence-electron chi connectivity index (χ3n) is 4.41. The zero-order chi connectivity index (χ0) is 16.9. The van der Waals surface area contributed by atoms with E-state index in [1.165, 1.54) is 0 Å². The molecule has 3 rings (SSSR count). The maximum Gasteiger partial charge on any atom is 0.317 e. The summed E-state index contributed by atoms with van der Waals surface area (Å²) in [7, 11) is 0. The first-order valence-corrected chi connectivity index (χ1v) is 8.77. The molecule has 2 aliphatic rings. The Kier molecular flexibility index (Phi) is 5.68. The van der Waals surface area contributed by atoms with Crippen molar-refractivity contribution in [3.63, 3.8) is 0 Å². The summed E-state index contributed by atoms with van der Waals surface area (Å²) < 4.78 is 11.1. The number of aliphatic hydroxyl groups excluding tert-OH is 1. The van der Waals surface area contributed by atoms with Crippen LogP contribution in [0.25, 0.3) is 0 Å². The number of hydrogen-bond acceptors (Lipinski definition) is 4. The lowest BCUT2D eigenvalue weighted by molar-refractivity contribution is 0.129. The highest BCUT2D eigenvalue weighted by atomic mass is 35.5. The van der Waals surface area contributed by atoms with Gasteiger partial charge >= 0.3 is 6.03 Å². The van der Waals surface area contributed by atoms with Crippen LogP contribution in [0.15, 0.2) is 12.1 Å². The Balaban J connectivity index is 1.51. The number of rotatable bonds is 4. The molecule has 7 heteroatoms. The topological polar surface area (TPSA) is 71.0 Å². The molecule has 6 nitrogen and oxygen atoms in total. The highest BCUT2D eigenvalue weighted by molar-refractivity contribution is 6.32. The Bertz CT molecular complexity index is 596. The number of benzene rings is 1. The molecule has 0 radical (unpaired) electrons. The summed E-state index contributed by atoms with van der Waals surface area (Å²) in [6, 6.07) is 3.69. The van der Waals surface area contributed by atoms with Crippen LogP contribution in [0.1, 0.15) is 18.4 Å². The Morgan fingerprint density at radius 3 is 3.04 bits per heavy atom. The molecule has 0 bridgehead atoms. The number of urea groups is 1. The van der Waals surface area contributed by atoms with E-state index < -0.39 is 0 Å². The van der Waals surface area contributed by atoms with Crippen molar-refractivity contribution < 1.29 is 19.4 Å². The van der Waals surface area contributed by atoms with Crippen molar-refractivity contribution >= 4 is 17.6 Å². The van der Waals surface area contributed by atoms with E-state index >= 15 is 0 Å². The second-order valence-electron chi connectivity index (χ2n) is 6.22. The average molecular weight is 355 g/mol. The minimum Gasteiger partial charge on any atom is -0.486 e. The van der Waals surface area contributed by atoms with Gasteiger partial charge in [-0.1, -0.05) is 11.6 Å². The Hall–Kier alpha value is -1.66. The first-order chi connectivity index (χ1) is 11.7. The lowest BCUT2D eigenvalue weighted by atomic mass is 9.99. The molecule has 2 N–H and O–H groups in total. The molecule has 0 aromatic heterocycles. The van der Waals surface area contributed by atoms with Crippen LogP contribution in [0.5, 0.6) is 11.5 Å². The van der Waals surface area contributed by atoms with Gasteiger partial charge in [-0.25, -0.2) is 4.79 Å². The predicted molar refractivity (Wildman–Crippen MR) is 90.9 cm³/mol. The summed E-state index contributed by atoms with van der Waals surface area (Å²) in [5, 5.41) is 12.7. The minimum atomic E-state index is -0.0724. The zero-order valence-electron chi connectivity index (χ0n) is 13.6. The smallest absolute Gasteiger partial charge is 0.317 e. The first-order valence-electron chi connectivity index (χ1n) is 8.39. The second kappa shape index (κ2) is 7.94. The van der Waals surface area contributed by atoms with E-state index in [2.05, 4.69) is 5.32 Å². The van der Waals surface area contributed by atoms with Crippen LogP contribution < -0.4 is 14.8 Å². The van der Waals surface area contributed by atoms with E-state index in [1.807, 2.05) is 12.1 Å². The van der Waals surface area contributed by atoms with Crippen LogP contribution >= 0.6 is 11.6 Å². The number of fused-ring (bicyclic) bond motifs is 1. The third kappa shape index (κ3) is 4.05. The lowest BCUT2D eigenvalue weighted by Gasteiger charge is -2.31. The van der Waals surface area contributed by atoms with Gasteiger partial charge in [-0.3, -0.25) is 0 Å². The van der Waals surface area contributed by atoms with Crippen molar-refractivity contribution in [3.05, 3.63) is 22.7 Å². The van der Waals surface area contributed by atoms with Gasteiger partial charge in [0.15, 0.2) is 11.5 Å². The maximum absolute atomic E-state index is 12.2. The van der Waals surface area contributed by atoms with Crippen molar-refractivity contribution in [3.8, 4) is 11.5 Å². The van der Waals surface area contributed by atoms with Gasteiger partial charge in [0.25, 0.3) is 0 Å². The predicted octanol–water partition coefficient (Wildman–Crippen LogP) is 2.07. The Labute approximate surface area is 146 Å².